The molecular formula is C41H76O. The minimum Gasteiger partial charge on any atom is -0.393 e. The first-order valence-corrected chi connectivity index (χ1v) is 19.5. The van der Waals surface area contributed by atoms with Gasteiger partial charge >= 0.3 is 0 Å². The van der Waals surface area contributed by atoms with Crippen molar-refractivity contribution in [3.63, 3.8) is 0 Å². The van der Waals surface area contributed by atoms with Gasteiger partial charge < -0.3 is 5.11 Å². The number of hydrogen-bond donors (Lipinski definition) is 1. The molecule has 1 heteroatoms. The van der Waals surface area contributed by atoms with Crippen molar-refractivity contribution in [1.29, 1.82) is 0 Å². The summed E-state index contributed by atoms with van der Waals surface area (Å²) in [7, 11) is 0. The lowest BCUT2D eigenvalue weighted by Crippen LogP contribution is -2.50. The van der Waals surface area contributed by atoms with Crippen molar-refractivity contribution in [3.05, 3.63) is 11.6 Å². The van der Waals surface area contributed by atoms with E-state index < -0.39 is 0 Å². The van der Waals surface area contributed by atoms with Crippen molar-refractivity contribution in [2.45, 2.75) is 202 Å². The molecule has 1 unspecified atom stereocenters. The first-order chi connectivity index (χ1) is 20.2. The number of aliphatic hydroxyl groups is 1. The molecule has 246 valence electrons. The molecule has 4 rings (SSSR count). The molecule has 0 aromatic rings. The van der Waals surface area contributed by atoms with Crippen LogP contribution in [-0.4, -0.2) is 11.2 Å². The summed E-state index contributed by atoms with van der Waals surface area (Å²) in [5.74, 6) is 5.46. The van der Waals surface area contributed by atoms with Crippen LogP contribution in [0.4, 0.5) is 0 Å². The van der Waals surface area contributed by atoms with Crippen LogP contribution in [0, 0.1) is 46.3 Å². The molecule has 0 saturated heterocycles. The van der Waals surface area contributed by atoms with E-state index in [2.05, 4.69) is 54.5 Å². The highest BCUT2D eigenvalue weighted by atomic mass is 16.3. The Hall–Kier alpha value is -0.300. The highest BCUT2D eigenvalue weighted by Gasteiger charge is 2.59. The number of hydrogen-bond acceptors (Lipinski definition) is 1. The van der Waals surface area contributed by atoms with Crippen molar-refractivity contribution < 1.29 is 5.11 Å². The van der Waals surface area contributed by atoms with Gasteiger partial charge in [0.05, 0.1) is 6.10 Å². The van der Waals surface area contributed by atoms with E-state index in [1.807, 2.05) is 0 Å². The maximum absolute atomic E-state index is 10.2. The Bertz CT molecular complexity index is 755. The third-order valence-corrected chi connectivity index (χ3v) is 13.2. The van der Waals surface area contributed by atoms with Crippen LogP contribution >= 0.6 is 0 Å². The molecule has 0 aromatic carbocycles. The molecule has 0 radical (unpaired) electrons. The molecule has 3 saturated carbocycles. The quantitative estimate of drug-likeness (QED) is 0.141. The topological polar surface area (TPSA) is 20.2 Å². The molecule has 42 heavy (non-hydrogen) atoms. The van der Waals surface area contributed by atoms with Crippen molar-refractivity contribution in [2.24, 2.45) is 46.3 Å². The van der Waals surface area contributed by atoms with Crippen LogP contribution in [0.5, 0.6) is 0 Å². The first kappa shape index (κ1) is 36.2. The van der Waals surface area contributed by atoms with Crippen LogP contribution in [0.1, 0.15) is 196 Å². The van der Waals surface area contributed by atoms with Crippen LogP contribution in [0.3, 0.4) is 0 Å². The normalized spacial score (nSPS) is 34.6. The number of rotatable bonds is 16. The van der Waals surface area contributed by atoms with Crippen LogP contribution in [0.15, 0.2) is 11.6 Å². The van der Waals surface area contributed by atoms with E-state index in [1.165, 1.54) is 135 Å². The van der Waals surface area contributed by atoms with Gasteiger partial charge in [-0.15, -0.1) is 0 Å². The fourth-order valence-electron chi connectivity index (χ4n) is 10.6. The molecule has 8 atom stereocenters. The van der Waals surface area contributed by atoms with Gasteiger partial charge in [-0.3, -0.25) is 0 Å². The van der Waals surface area contributed by atoms with Crippen molar-refractivity contribution >= 4 is 0 Å². The summed E-state index contributed by atoms with van der Waals surface area (Å²) in [4.78, 5) is 0. The fourth-order valence-corrected chi connectivity index (χ4v) is 10.6. The second kappa shape index (κ2) is 18.0. The van der Waals surface area contributed by atoms with E-state index in [1.54, 1.807) is 5.57 Å². The third kappa shape index (κ3) is 9.60. The third-order valence-electron chi connectivity index (χ3n) is 13.2. The van der Waals surface area contributed by atoms with Crippen LogP contribution in [0.25, 0.3) is 0 Å². The number of fused-ring (bicyclic) bond motifs is 5. The summed E-state index contributed by atoms with van der Waals surface area (Å²) in [6, 6.07) is 0. The summed E-state index contributed by atoms with van der Waals surface area (Å²) >= 11 is 0. The molecule has 1 nitrogen and oxygen atoms in total. The van der Waals surface area contributed by atoms with Gasteiger partial charge in [0.25, 0.3) is 0 Å². The van der Waals surface area contributed by atoms with Gasteiger partial charge in [-0.1, -0.05) is 156 Å². The van der Waals surface area contributed by atoms with E-state index >= 15 is 0 Å². The molecule has 0 aromatic heterocycles. The van der Waals surface area contributed by atoms with E-state index in [0.29, 0.717) is 10.8 Å². The largest absolute Gasteiger partial charge is 0.393 e. The summed E-state index contributed by atoms with van der Waals surface area (Å²) in [6.45, 7) is 17.1. The van der Waals surface area contributed by atoms with Gasteiger partial charge in [-0.2, -0.15) is 0 Å². The Morgan fingerprint density at radius 3 is 1.88 bits per heavy atom. The summed E-state index contributed by atoms with van der Waals surface area (Å²) in [5, 5.41) is 10.2. The first-order valence-electron chi connectivity index (χ1n) is 19.5. The van der Waals surface area contributed by atoms with Crippen LogP contribution in [-0.2, 0) is 0 Å². The summed E-state index contributed by atoms with van der Waals surface area (Å²) in [5.41, 5.74) is 2.60. The zero-order chi connectivity index (χ0) is 30.6. The van der Waals surface area contributed by atoms with Gasteiger partial charge in [0, 0.05) is 0 Å². The van der Waals surface area contributed by atoms with Gasteiger partial charge in [0.15, 0.2) is 0 Å². The minimum absolute atomic E-state index is 0.0766. The van der Waals surface area contributed by atoms with Gasteiger partial charge in [-0.25, -0.2) is 0 Å². The number of allylic oxidation sites excluding steroid dienone is 1. The lowest BCUT2D eigenvalue weighted by molar-refractivity contribution is -0.0573. The average Bonchev–Trinajstić information content (AvgIpc) is 3.32. The van der Waals surface area contributed by atoms with Crippen LogP contribution in [0.2, 0.25) is 0 Å². The molecule has 4 aliphatic carbocycles. The van der Waals surface area contributed by atoms with Crippen molar-refractivity contribution in [3.8, 4) is 0 Å². The van der Waals surface area contributed by atoms with Gasteiger partial charge in [0.1, 0.15) is 0 Å². The standard InChI is InChI=1S/C27H46O.C14H30/c1-18(2)7-6-8-19(3)23-11-12-24-22-10-9-20-17-21(28)13-15-26(20,4)25(22)14-16-27(23,24)5;1-3-5-7-9-11-13-14-12-10-8-6-4-2/h9,18-19,21-25,28H,6-8,10-17H2,1-5H3;3-14H2,1-2H3/t19?,21-,22-,23+,24-,25-,26-,27+;/m0./s1. The number of aliphatic hydroxyl groups excluding tert-OH is 1. The Morgan fingerprint density at radius 1 is 0.714 bits per heavy atom. The van der Waals surface area contributed by atoms with Crippen molar-refractivity contribution in [1.82, 2.24) is 0 Å². The molecule has 0 heterocycles. The predicted octanol–water partition coefficient (Wildman–Crippen LogP) is 13.1. The molecule has 1 N–H and O–H groups in total. The second-order valence-electron chi connectivity index (χ2n) is 16.7. The SMILES string of the molecule is CC(C)CCCC(C)[C@H]1CC[C@H]2[C@@H]3CC=C4C[C@@H](O)CC[C@]4(C)[C@H]3CC[C@]12C.CCCCCCCCCCCCCC. The van der Waals surface area contributed by atoms with Gasteiger partial charge in [-0.05, 0) is 97.7 Å². The Balaban J connectivity index is 0.000000295. The Morgan fingerprint density at radius 2 is 1.31 bits per heavy atom. The molecule has 0 spiro atoms. The van der Waals surface area contributed by atoms with Crippen molar-refractivity contribution in [2.75, 3.05) is 0 Å². The zero-order valence-electron chi connectivity index (χ0n) is 29.8. The second-order valence-corrected chi connectivity index (χ2v) is 16.7. The number of unbranched alkanes of at least 4 members (excludes halogenated alkanes) is 11. The maximum atomic E-state index is 10.2. The lowest BCUT2D eigenvalue weighted by atomic mass is 9.47. The van der Waals surface area contributed by atoms with E-state index in [0.717, 1.165) is 48.3 Å². The summed E-state index contributed by atoms with van der Waals surface area (Å²) in [6.07, 6.45) is 34.6. The average molecular weight is 585 g/mol. The molecule has 0 amide bonds. The molecular weight excluding hydrogens is 508 g/mol. The van der Waals surface area contributed by atoms with E-state index in [4.69, 9.17) is 0 Å². The van der Waals surface area contributed by atoms with Crippen LogP contribution < -0.4 is 0 Å². The monoisotopic (exact) mass is 585 g/mol. The van der Waals surface area contributed by atoms with E-state index in [-0.39, 0.29) is 6.10 Å². The highest BCUT2D eigenvalue weighted by Crippen LogP contribution is 2.67. The molecule has 0 bridgehead atoms. The Kier molecular flexibility index (Phi) is 15.5. The Labute approximate surface area is 264 Å². The molecule has 4 aliphatic rings. The minimum atomic E-state index is -0.0766. The fraction of sp³-hybridized carbons (Fsp3) is 0.951. The highest BCUT2D eigenvalue weighted by molar-refractivity contribution is 5.25. The molecule has 3 fully saturated rings. The summed E-state index contributed by atoms with van der Waals surface area (Å²) < 4.78 is 0. The maximum Gasteiger partial charge on any atom is 0.0577 e. The smallest absolute Gasteiger partial charge is 0.0577 e. The predicted molar refractivity (Wildman–Crippen MR) is 186 cm³/mol. The van der Waals surface area contributed by atoms with Gasteiger partial charge in [0.2, 0.25) is 0 Å². The van der Waals surface area contributed by atoms with E-state index in [9.17, 15) is 5.11 Å². The molecule has 0 aliphatic heterocycles. The zero-order valence-corrected chi connectivity index (χ0v) is 29.8. The lowest BCUT2D eigenvalue weighted by Gasteiger charge is -2.58.